The molecular weight excluding hydrogens is 382 g/mol. The third-order valence-corrected chi connectivity index (χ3v) is 6.00. The van der Waals surface area contributed by atoms with Crippen molar-refractivity contribution in [2.45, 2.75) is 30.8 Å². The minimum Gasteiger partial charge on any atom is -0.467 e. The van der Waals surface area contributed by atoms with Crippen molar-refractivity contribution >= 4 is 21.8 Å². The molecule has 2 atom stereocenters. The lowest BCUT2D eigenvalue weighted by Gasteiger charge is -2.28. The fourth-order valence-electron chi connectivity index (χ4n) is 3.33. The Labute approximate surface area is 164 Å². The standard InChI is InChI=1S/C19H23N3O5S/c1-13(14-5-3-7-17(9-14)28(20,25)26)21(2)19(24)15-10-18(23)22(11-15)12-16-6-4-8-27-16/h3-9,13,15H,10-12H2,1-2H3,(H2,20,25,26). The average Bonchev–Trinajstić information content (AvgIpc) is 3.30. The first-order chi connectivity index (χ1) is 13.2. The number of carbonyl (C=O) groups is 2. The molecule has 0 aliphatic carbocycles. The van der Waals surface area contributed by atoms with Gasteiger partial charge in [-0.2, -0.15) is 0 Å². The van der Waals surface area contributed by atoms with Gasteiger partial charge in [-0.3, -0.25) is 9.59 Å². The second-order valence-electron chi connectivity index (χ2n) is 7.00. The number of sulfonamides is 1. The van der Waals surface area contributed by atoms with Crippen molar-refractivity contribution in [3.05, 3.63) is 54.0 Å². The minimum atomic E-state index is -3.82. The first-order valence-corrected chi connectivity index (χ1v) is 10.4. The molecule has 0 radical (unpaired) electrons. The molecule has 0 bridgehead atoms. The van der Waals surface area contributed by atoms with Crippen molar-refractivity contribution in [3.8, 4) is 0 Å². The lowest BCUT2D eigenvalue weighted by Crippen LogP contribution is -2.36. The average molecular weight is 405 g/mol. The second-order valence-corrected chi connectivity index (χ2v) is 8.56. The van der Waals surface area contributed by atoms with Crippen molar-refractivity contribution < 1.29 is 22.4 Å². The summed E-state index contributed by atoms with van der Waals surface area (Å²) in [5.41, 5.74) is 0.652. The van der Waals surface area contributed by atoms with Gasteiger partial charge in [0.2, 0.25) is 21.8 Å². The number of primary sulfonamides is 1. The summed E-state index contributed by atoms with van der Waals surface area (Å²) in [6.45, 7) is 2.47. The number of amides is 2. The topological polar surface area (TPSA) is 114 Å². The van der Waals surface area contributed by atoms with Crippen molar-refractivity contribution in [1.29, 1.82) is 0 Å². The van der Waals surface area contributed by atoms with Gasteiger partial charge in [0.05, 0.1) is 29.7 Å². The second kappa shape index (κ2) is 7.76. The molecule has 2 heterocycles. The molecule has 0 saturated carbocycles. The number of hydrogen-bond acceptors (Lipinski definition) is 5. The van der Waals surface area contributed by atoms with Crippen LogP contribution in [0.2, 0.25) is 0 Å². The summed E-state index contributed by atoms with van der Waals surface area (Å²) in [7, 11) is -2.17. The van der Waals surface area contributed by atoms with Gasteiger partial charge in [-0.05, 0) is 36.8 Å². The molecule has 9 heteroatoms. The molecule has 2 amide bonds. The van der Waals surface area contributed by atoms with Crippen LogP contribution >= 0.6 is 0 Å². The van der Waals surface area contributed by atoms with E-state index in [1.54, 1.807) is 49.4 Å². The summed E-state index contributed by atoms with van der Waals surface area (Å²) in [5, 5.41) is 5.19. The van der Waals surface area contributed by atoms with Crippen LogP contribution in [0.1, 0.15) is 30.7 Å². The molecule has 150 valence electrons. The van der Waals surface area contributed by atoms with Crippen LogP contribution in [0, 0.1) is 5.92 Å². The molecule has 8 nitrogen and oxygen atoms in total. The Hall–Kier alpha value is -2.65. The van der Waals surface area contributed by atoms with Gasteiger partial charge in [-0.25, -0.2) is 13.6 Å². The van der Waals surface area contributed by atoms with E-state index in [1.807, 2.05) is 0 Å². The number of benzene rings is 1. The lowest BCUT2D eigenvalue weighted by molar-refractivity contribution is -0.136. The molecule has 2 unspecified atom stereocenters. The number of nitrogens with two attached hydrogens (primary N) is 1. The molecular formula is C19H23N3O5S. The largest absolute Gasteiger partial charge is 0.467 e. The summed E-state index contributed by atoms with van der Waals surface area (Å²) in [5.74, 6) is -0.0323. The summed E-state index contributed by atoms with van der Waals surface area (Å²) in [6.07, 6.45) is 1.69. The van der Waals surface area contributed by atoms with Gasteiger partial charge in [0.1, 0.15) is 5.76 Å². The van der Waals surface area contributed by atoms with Crippen molar-refractivity contribution in [1.82, 2.24) is 9.80 Å². The van der Waals surface area contributed by atoms with E-state index in [9.17, 15) is 18.0 Å². The predicted octanol–water partition coefficient (Wildman–Crippen LogP) is 1.50. The van der Waals surface area contributed by atoms with E-state index in [4.69, 9.17) is 9.56 Å². The molecule has 3 rings (SSSR count). The van der Waals surface area contributed by atoms with Gasteiger partial charge >= 0.3 is 0 Å². The lowest BCUT2D eigenvalue weighted by atomic mass is 10.0. The summed E-state index contributed by atoms with van der Waals surface area (Å²) < 4.78 is 28.4. The molecule has 1 saturated heterocycles. The van der Waals surface area contributed by atoms with E-state index in [0.717, 1.165) is 0 Å². The summed E-state index contributed by atoms with van der Waals surface area (Å²) >= 11 is 0. The molecule has 1 aromatic carbocycles. The zero-order chi connectivity index (χ0) is 20.5. The van der Waals surface area contributed by atoms with E-state index < -0.39 is 15.9 Å². The highest BCUT2D eigenvalue weighted by Crippen LogP contribution is 2.27. The number of hydrogen-bond donors (Lipinski definition) is 1. The van der Waals surface area contributed by atoms with E-state index in [0.29, 0.717) is 24.4 Å². The van der Waals surface area contributed by atoms with Crippen LogP contribution in [-0.2, 0) is 26.2 Å². The Balaban J connectivity index is 1.69. The van der Waals surface area contributed by atoms with E-state index >= 15 is 0 Å². The number of nitrogens with zero attached hydrogens (tertiary/aromatic N) is 2. The Bertz CT molecular complexity index is 971. The maximum Gasteiger partial charge on any atom is 0.238 e. The quantitative estimate of drug-likeness (QED) is 0.782. The number of likely N-dealkylation sites (tertiary alicyclic amines) is 1. The van der Waals surface area contributed by atoms with Gasteiger partial charge in [0.15, 0.2) is 0 Å². The van der Waals surface area contributed by atoms with Gasteiger partial charge < -0.3 is 14.2 Å². The van der Waals surface area contributed by atoms with Crippen LogP contribution in [0.5, 0.6) is 0 Å². The van der Waals surface area contributed by atoms with Crippen molar-refractivity contribution in [3.63, 3.8) is 0 Å². The Morgan fingerprint density at radius 3 is 2.75 bits per heavy atom. The zero-order valence-electron chi connectivity index (χ0n) is 15.7. The first kappa shape index (κ1) is 20.1. The van der Waals surface area contributed by atoms with Crippen molar-refractivity contribution in [2.24, 2.45) is 11.1 Å². The van der Waals surface area contributed by atoms with Crippen LogP contribution in [0.3, 0.4) is 0 Å². The first-order valence-electron chi connectivity index (χ1n) is 8.86. The van der Waals surface area contributed by atoms with E-state index in [2.05, 4.69) is 0 Å². The molecule has 2 aromatic rings. The molecule has 1 aliphatic heterocycles. The SMILES string of the molecule is CC(c1cccc(S(N)(=O)=O)c1)N(C)C(=O)C1CC(=O)N(Cc2ccco2)C1. The van der Waals surface area contributed by atoms with Crippen LogP contribution in [0.4, 0.5) is 0 Å². The fraction of sp³-hybridized carbons (Fsp3) is 0.368. The highest BCUT2D eigenvalue weighted by Gasteiger charge is 2.37. The zero-order valence-corrected chi connectivity index (χ0v) is 16.6. The van der Waals surface area contributed by atoms with Gasteiger partial charge in [0.25, 0.3) is 0 Å². The molecule has 1 fully saturated rings. The normalized spacial score (nSPS) is 18.3. The molecule has 0 spiro atoms. The monoisotopic (exact) mass is 405 g/mol. The van der Waals surface area contributed by atoms with E-state index in [1.165, 1.54) is 17.0 Å². The predicted molar refractivity (Wildman–Crippen MR) is 101 cm³/mol. The van der Waals surface area contributed by atoms with Crippen LogP contribution in [-0.4, -0.2) is 43.6 Å². The maximum atomic E-state index is 12.9. The summed E-state index contributed by atoms with van der Waals surface area (Å²) in [6, 6.07) is 9.38. The highest BCUT2D eigenvalue weighted by molar-refractivity contribution is 7.89. The van der Waals surface area contributed by atoms with Gasteiger partial charge in [0, 0.05) is 20.0 Å². The Morgan fingerprint density at radius 1 is 1.36 bits per heavy atom. The van der Waals surface area contributed by atoms with Crippen LogP contribution < -0.4 is 5.14 Å². The number of rotatable bonds is 6. The van der Waals surface area contributed by atoms with Crippen LogP contribution in [0.15, 0.2) is 52.0 Å². The molecule has 1 aliphatic rings. The molecule has 2 N–H and O–H groups in total. The smallest absolute Gasteiger partial charge is 0.238 e. The van der Waals surface area contributed by atoms with E-state index in [-0.39, 0.29) is 29.2 Å². The number of furan rings is 1. The Morgan fingerprint density at radius 2 is 2.11 bits per heavy atom. The number of carbonyl (C=O) groups excluding carboxylic acids is 2. The third kappa shape index (κ3) is 4.26. The third-order valence-electron chi connectivity index (χ3n) is 5.09. The maximum absolute atomic E-state index is 12.9. The fourth-order valence-corrected chi connectivity index (χ4v) is 3.90. The molecule has 1 aromatic heterocycles. The minimum absolute atomic E-state index is 0.00151. The Kier molecular flexibility index (Phi) is 5.57. The van der Waals surface area contributed by atoms with Crippen LogP contribution in [0.25, 0.3) is 0 Å². The molecule has 28 heavy (non-hydrogen) atoms. The summed E-state index contributed by atoms with van der Waals surface area (Å²) in [4.78, 5) is 28.3. The van der Waals surface area contributed by atoms with Gasteiger partial charge in [-0.15, -0.1) is 0 Å². The highest BCUT2D eigenvalue weighted by atomic mass is 32.2. The van der Waals surface area contributed by atoms with Crippen molar-refractivity contribution in [2.75, 3.05) is 13.6 Å². The van der Waals surface area contributed by atoms with Gasteiger partial charge in [-0.1, -0.05) is 12.1 Å².